The van der Waals surface area contributed by atoms with Crippen molar-refractivity contribution in [3.63, 3.8) is 0 Å². The van der Waals surface area contributed by atoms with E-state index in [4.69, 9.17) is 34.8 Å². The van der Waals surface area contributed by atoms with Gasteiger partial charge >= 0.3 is 0 Å². The van der Waals surface area contributed by atoms with E-state index in [2.05, 4.69) is 4.98 Å². The minimum atomic E-state index is -0.352. The van der Waals surface area contributed by atoms with Crippen LogP contribution in [0.15, 0.2) is 36.5 Å². The Kier molecular flexibility index (Phi) is 3.59. The summed E-state index contributed by atoms with van der Waals surface area (Å²) >= 11 is 18.1. The zero-order valence-corrected chi connectivity index (χ0v) is 12.3. The molecular weight excluding hydrogens is 322 g/mol. The molecule has 0 aliphatic rings. The molecule has 0 spiro atoms. The summed E-state index contributed by atoms with van der Waals surface area (Å²) in [5.41, 5.74) is 2.65. The van der Waals surface area contributed by atoms with E-state index >= 15 is 0 Å². The predicted molar refractivity (Wildman–Crippen MR) is 80.2 cm³/mol. The van der Waals surface area contributed by atoms with Crippen LogP contribution in [0, 0.1) is 5.82 Å². The summed E-state index contributed by atoms with van der Waals surface area (Å²) in [7, 11) is 0. The molecule has 0 bridgehead atoms. The molecule has 3 rings (SSSR count). The number of benzene rings is 1. The zero-order valence-electron chi connectivity index (χ0n) is 10.1. The molecule has 0 aliphatic heterocycles. The Morgan fingerprint density at radius 3 is 2.65 bits per heavy atom. The molecule has 2 heterocycles. The van der Waals surface area contributed by atoms with Crippen molar-refractivity contribution >= 4 is 40.4 Å². The van der Waals surface area contributed by atoms with Crippen molar-refractivity contribution < 1.29 is 4.39 Å². The second-order valence-corrected chi connectivity index (χ2v) is 5.35. The third-order valence-corrected chi connectivity index (χ3v) is 3.80. The van der Waals surface area contributed by atoms with Crippen LogP contribution in [0.1, 0.15) is 5.69 Å². The number of pyridine rings is 1. The van der Waals surface area contributed by atoms with Gasteiger partial charge in [-0.3, -0.25) is 4.40 Å². The van der Waals surface area contributed by atoms with Gasteiger partial charge < -0.3 is 0 Å². The lowest BCUT2D eigenvalue weighted by Crippen LogP contribution is -1.92. The molecule has 2 aromatic heterocycles. The van der Waals surface area contributed by atoms with E-state index in [0.717, 1.165) is 5.56 Å². The van der Waals surface area contributed by atoms with Crippen LogP contribution in [-0.4, -0.2) is 9.38 Å². The molecule has 0 saturated carbocycles. The zero-order chi connectivity index (χ0) is 14.3. The summed E-state index contributed by atoms with van der Waals surface area (Å²) in [6.07, 6.45) is 1.35. The van der Waals surface area contributed by atoms with E-state index in [9.17, 15) is 4.39 Å². The van der Waals surface area contributed by atoms with Crippen LogP contribution in [0.2, 0.25) is 10.0 Å². The number of aromatic nitrogens is 2. The van der Waals surface area contributed by atoms with Gasteiger partial charge in [0.25, 0.3) is 0 Å². The summed E-state index contributed by atoms with van der Waals surface area (Å²) in [4.78, 5) is 4.47. The Morgan fingerprint density at radius 2 is 1.95 bits per heavy atom. The number of fused-ring (bicyclic) bond motifs is 1. The standard InChI is InChI=1S/C14H8Cl3FN2/c15-6-12-14(10-3-1-8(16)5-11(10)17)19-13-4-2-9(18)7-20(12)13/h1-5,7H,6H2. The number of alkyl halides is 1. The first-order valence-electron chi connectivity index (χ1n) is 5.78. The molecular formula is C14H8Cl3FN2. The van der Waals surface area contributed by atoms with Gasteiger partial charge in [0, 0.05) is 16.8 Å². The SMILES string of the molecule is Fc1ccc2nc(-c3ccc(Cl)cc3Cl)c(CCl)n2c1. The fourth-order valence-electron chi connectivity index (χ4n) is 2.09. The Bertz CT molecular complexity index is 798. The number of hydrogen-bond donors (Lipinski definition) is 0. The van der Waals surface area contributed by atoms with Crippen molar-refractivity contribution in [1.29, 1.82) is 0 Å². The number of hydrogen-bond acceptors (Lipinski definition) is 1. The molecule has 0 atom stereocenters. The van der Waals surface area contributed by atoms with Crippen molar-refractivity contribution in [2.75, 3.05) is 0 Å². The fraction of sp³-hybridized carbons (Fsp3) is 0.0714. The number of rotatable bonds is 2. The Hall–Kier alpha value is -1.29. The van der Waals surface area contributed by atoms with E-state index in [1.54, 1.807) is 28.7 Å². The minimum Gasteiger partial charge on any atom is -0.299 e. The summed E-state index contributed by atoms with van der Waals surface area (Å²) < 4.78 is 15.0. The summed E-state index contributed by atoms with van der Waals surface area (Å²) in [5.74, 6) is -0.158. The average Bonchev–Trinajstić information content (AvgIpc) is 2.76. The smallest absolute Gasteiger partial charge is 0.139 e. The third-order valence-electron chi connectivity index (χ3n) is 2.99. The molecule has 2 nitrogen and oxygen atoms in total. The van der Waals surface area contributed by atoms with Crippen molar-refractivity contribution in [3.8, 4) is 11.3 Å². The first-order chi connectivity index (χ1) is 9.60. The van der Waals surface area contributed by atoms with Crippen LogP contribution < -0.4 is 0 Å². The van der Waals surface area contributed by atoms with Crippen LogP contribution in [0.4, 0.5) is 4.39 Å². The molecule has 1 aromatic carbocycles. The van der Waals surface area contributed by atoms with Gasteiger partial charge in [0.05, 0.1) is 22.3 Å². The van der Waals surface area contributed by atoms with Crippen LogP contribution in [0.3, 0.4) is 0 Å². The van der Waals surface area contributed by atoms with Gasteiger partial charge in [0.1, 0.15) is 11.5 Å². The average molecular weight is 330 g/mol. The maximum Gasteiger partial charge on any atom is 0.139 e. The molecule has 0 N–H and O–H groups in total. The van der Waals surface area contributed by atoms with Crippen LogP contribution >= 0.6 is 34.8 Å². The summed E-state index contributed by atoms with van der Waals surface area (Å²) in [6.45, 7) is 0. The van der Waals surface area contributed by atoms with Gasteiger partial charge in [0.2, 0.25) is 0 Å². The number of halogens is 4. The van der Waals surface area contributed by atoms with Gasteiger partial charge in [-0.25, -0.2) is 9.37 Å². The van der Waals surface area contributed by atoms with Gasteiger partial charge in [-0.15, -0.1) is 11.6 Å². The molecule has 6 heteroatoms. The minimum absolute atomic E-state index is 0.193. The van der Waals surface area contributed by atoms with E-state index in [1.807, 2.05) is 0 Å². The van der Waals surface area contributed by atoms with Crippen molar-refractivity contribution in [2.24, 2.45) is 0 Å². The van der Waals surface area contributed by atoms with E-state index in [-0.39, 0.29) is 11.7 Å². The van der Waals surface area contributed by atoms with E-state index in [0.29, 0.717) is 27.1 Å². The molecule has 0 aliphatic carbocycles. The first-order valence-corrected chi connectivity index (χ1v) is 7.07. The Balaban J connectivity index is 2.30. The highest BCUT2D eigenvalue weighted by Crippen LogP contribution is 2.33. The molecule has 0 fully saturated rings. The normalized spacial score (nSPS) is 11.2. The lowest BCUT2D eigenvalue weighted by molar-refractivity contribution is 0.618. The van der Waals surface area contributed by atoms with Crippen molar-refractivity contribution in [1.82, 2.24) is 9.38 Å². The molecule has 0 saturated heterocycles. The van der Waals surface area contributed by atoms with Crippen LogP contribution in [0.5, 0.6) is 0 Å². The molecule has 0 amide bonds. The van der Waals surface area contributed by atoms with Gasteiger partial charge in [0.15, 0.2) is 0 Å². The van der Waals surface area contributed by atoms with Gasteiger partial charge in [-0.05, 0) is 30.3 Å². The van der Waals surface area contributed by atoms with E-state index in [1.165, 1.54) is 12.3 Å². The number of imidazole rings is 1. The molecule has 0 unspecified atom stereocenters. The van der Waals surface area contributed by atoms with Crippen molar-refractivity contribution in [2.45, 2.75) is 5.88 Å². The Labute approximate surface area is 129 Å². The first kappa shape index (κ1) is 13.7. The van der Waals surface area contributed by atoms with Gasteiger partial charge in [-0.1, -0.05) is 23.2 Å². The molecule has 3 aromatic rings. The predicted octanol–water partition coefficient (Wildman–Crippen LogP) is 5.19. The lowest BCUT2D eigenvalue weighted by atomic mass is 10.1. The quantitative estimate of drug-likeness (QED) is 0.592. The van der Waals surface area contributed by atoms with Crippen molar-refractivity contribution in [3.05, 3.63) is 58.1 Å². The Morgan fingerprint density at radius 1 is 1.15 bits per heavy atom. The maximum atomic E-state index is 13.4. The van der Waals surface area contributed by atoms with Crippen LogP contribution in [-0.2, 0) is 5.88 Å². The third kappa shape index (κ3) is 2.26. The highest BCUT2D eigenvalue weighted by Gasteiger charge is 2.16. The maximum absolute atomic E-state index is 13.4. The number of nitrogens with zero attached hydrogens (tertiary/aromatic N) is 2. The highest BCUT2D eigenvalue weighted by molar-refractivity contribution is 6.36. The fourth-order valence-corrected chi connectivity index (χ4v) is 2.85. The molecule has 0 radical (unpaired) electrons. The topological polar surface area (TPSA) is 17.3 Å². The molecule has 102 valence electrons. The molecule has 20 heavy (non-hydrogen) atoms. The van der Waals surface area contributed by atoms with Gasteiger partial charge in [-0.2, -0.15) is 0 Å². The second-order valence-electron chi connectivity index (χ2n) is 4.24. The van der Waals surface area contributed by atoms with Crippen LogP contribution in [0.25, 0.3) is 16.9 Å². The largest absolute Gasteiger partial charge is 0.299 e. The monoisotopic (exact) mass is 328 g/mol. The van der Waals surface area contributed by atoms with E-state index < -0.39 is 0 Å². The lowest BCUT2D eigenvalue weighted by Gasteiger charge is -2.04. The second kappa shape index (κ2) is 5.24. The summed E-state index contributed by atoms with van der Waals surface area (Å²) in [6, 6.07) is 8.09. The highest BCUT2D eigenvalue weighted by atomic mass is 35.5. The summed E-state index contributed by atoms with van der Waals surface area (Å²) in [5, 5.41) is 1.02.